The second kappa shape index (κ2) is 3.50. The van der Waals surface area contributed by atoms with E-state index in [-0.39, 0.29) is 0 Å². The normalized spacial score (nSPS) is 25.3. The number of nitrogens with zero attached hydrogens (tertiary/aromatic N) is 3. The van der Waals surface area contributed by atoms with E-state index in [1.165, 1.54) is 6.20 Å². The predicted molar refractivity (Wildman–Crippen MR) is 55.3 cm³/mol. The zero-order chi connectivity index (χ0) is 10.9. The molecule has 1 aliphatic rings. The van der Waals surface area contributed by atoms with Gasteiger partial charge in [0.25, 0.3) is 0 Å². The van der Waals surface area contributed by atoms with Crippen molar-refractivity contribution in [2.24, 2.45) is 0 Å². The molecular formula is C11H12FN3. The Bertz CT molecular complexity index is 391. The van der Waals surface area contributed by atoms with Gasteiger partial charge in [-0.3, -0.25) is 0 Å². The van der Waals surface area contributed by atoms with Gasteiger partial charge in [-0.05, 0) is 19.1 Å². The largest absolute Gasteiger partial charge is 0.353 e. The molecule has 2 rings (SSSR count). The van der Waals surface area contributed by atoms with Gasteiger partial charge in [0.15, 0.2) is 0 Å². The summed E-state index contributed by atoms with van der Waals surface area (Å²) in [6.45, 7) is 2.68. The van der Waals surface area contributed by atoms with Crippen molar-refractivity contribution in [2.45, 2.75) is 19.0 Å². The lowest BCUT2D eigenvalue weighted by Gasteiger charge is -2.18. The van der Waals surface area contributed by atoms with E-state index in [1.807, 2.05) is 11.0 Å². The van der Waals surface area contributed by atoms with Crippen LogP contribution in [0.3, 0.4) is 0 Å². The molecule has 0 N–H and O–H groups in total. The molecular weight excluding hydrogens is 193 g/mol. The van der Waals surface area contributed by atoms with Gasteiger partial charge >= 0.3 is 0 Å². The highest BCUT2D eigenvalue weighted by molar-refractivity contribution is 5.43. The van der Waals surface area contributed by atoms with Crippen LogP contribution in [0.4, 0.5) is 10.2 Å². The van der Waals surface area contributed by atoms with Crippen molar-refractivity contribution in [3.63, 3.8) is 0 Å². The molecule has 1 aliphatic heterocycles. The third-order valence-electron chi connectivity index (χ3n) is 2.62. The van der Waals surface area contributed by atoms with Crippen molar-refractivity contribution in [2.75, 3.05) is 18.0 Å². The molecule has 0 amide bonds. The van der Waals surface area contributed by atoms with Gasteiger partial charge in [-0.2, -0.15) is 5.26 Å². The van der Waals surface area contributed by atoms with Gasteiger partial charge in [-0.25, -0.2) is 9.37 Å². The number of alkyl halides is 1. The quantitative estimate of drug-likeness (QED) is 0.702. The van der Waals surface area contributed by atoms with Gasteiger partial charge in [-0.15, -0.1) is 0 Å². The monoisotopic (exact) mass is 205 g/mol. The fourth-order valence-electron chi connectivity index (χ4n) is 1.76. The molecule has 78 valence electrons. The Kier molecular flexibility index (Phi) is 2.31. The molecule has 1 atom stereocenters. The van der Waals surface area contributed by atoms with Crippen LogP contribution in [0.5, 0.6) is 0 Å². The van der Waals surface area contributed by atoms with E-state index in [9.17, 15) is 4.39 Å². The van der Waals surface area contributed by atoms with Gasteiger partial charge in [-0.1, -0.05) is 0 Å². The molecule has 0 aliphatic carbocycles. The van der Waals surface area contributed by atoms with E-state index in [1.54, 1.807) is 19.1 Å². The van der Waals surface area contributed by atoms with Crippen molar-refractivity contribution in [3.8, 4) is 6.07 Å². The minimum absolute atomic E-state index is 0.381. The highest BCUT2D eigenvalue weighted by Crippen LogP contribution is 2.27. The fraction of sp³-hybridized carbons (Fsp3) is 0.455. The molecule has 1 saturated heterocycles. The molecule has 2 heterocycles. The Morgan fingerprint density at radius 2 is 2.40 bits per heavy atom. The maximum Gasteiger partial charge on any atom is 0.128 e. The first kappa shape index (κ1) is 9.91. The second-order valence-corrected chi connectivity index (χ2v) is 4.10. The Balaban J connectivity index is 2.15. The van der Waals surface area contributed by atoms with Crippen molar-refractivity contribution in [3.05, 3.63) is 23.9 Å². The Hall–Kier alpha value is -1.63. The summed E-state index contributed by atoms with van der Waals surface area (Å²) >= 11 is 0. The van der Waals surface area contributed by atoms with Crippen LogP contribution < -0.4 is 4.90 Å². The van der Waals surface area contributed by atoms with Crippen LogP contribution in [0.1, 0.15) is 18.9 Å². The SMILES string of the molecule is C[C@@]1(F)CCN(c2ccc(C#N)cn2)C1. The number of aromatic nitrogens is 1. The van der Waals surface area contributed by atoms with Crippen molar-refractivity contribution >= 4 is 5.82 Å². The van der Waals surface area contributed by atoms with Gasteiger partial charge in [0, 0.05) is 19.2 Å². The van der Waals surface area contributed by atoms with E-state index >= 15 is 0 Å². The Labute approximate surface area is 88.2 Å². The van der Waals surface area contributed by atoms with Crippen LogP contribution in [0.15, 0.2) is 18.3 Å². The maximum absolute atomic E-state index is 13.6. The van der Waals surface area contributed by atoms with Crippen LogP contribution >= 0.6 is 0 Å². The molecule has 0 bridgehead atoms. The lowest BCUT2D eigenvalue weighted by atomic mass is 10.1. The summed E-state index contributed by atoms with van der Waals surface area (Å²) in [5, 5.41) is 8.61. The standard InChI is InChI=1S/C11H12FN3/c1-11(12)4-5-15(8-11)10-3-2-9(6-13)7-14-10/h2-3,7H,4-5,8H2,1H3/t11-/m1/s1. The van der Waals surface area contributed by atoms with Gasteiger partial charge in [0.05, 0.1) is 12.1 Å². The number of hydrogen-bond donors (Lipinski definition) is 0. The Morgan fingerprint density at radius 3 is 2.87 bits per heavy atom. The summed E-state index contributed by atoms with van der Waals surface area (Å²) in [6.07, 6.45) is 2.05. The van der Waals surface area contributed by atoms with E-state index in [0.717, 1.165) is 5.82 Å². The predicted octanol–water partition coefficient (Wildman–Crippen LogP) is 1.89. The average Bonchev–Trinajstić information content (AvgIpc) is 2.59. The molecule has 0 aromatic carbocycles. The zero-order valence-corrected chi connectivity index (χ0v) is 8.57. The van der Waals surface area contributed by atoms with Crippen LogP contribution in [0.2, 0.25) is 0 Å². The van der Waals surface area contributed by atoms with Crippen molar-refractivity contribution in [1.29, 1.82) is 5.26 Å². The summed E-state index contributed by atoms with van der Waals surface area (Å²) in [5.74, 6) is 0.746. The minimum atomic E-state index is -1.12. The smallest absolute Gasteiger partial charge is 0.128 e. The number of anilines is 1. The van der Waals surface area contributed by atoms with Gasteiger partial charge < -0.3 is 4.90 Å². The van der Waals surface area contributed by atoms with Crippen LogP contribution in [0, 0.1) is 11.3 Å². The Morgan fingerprint density at radius 1 is 1.60 bits per heavy atom. The second-order valence-electron chi connectivity index (χ2n) is 4.10. The number of hydrogen-bond acceptors (Lipinski definition) is 3. The third-order valence-corrected chi connectivity index (χ3v) is 2.62. The third kappa shape index (κ3) is 2.07. The summed E-state index contributed by atoms with van der Waals surface area (Å²) in [5.41, 5.74) is -0.587. The summed E-state index contributed by atoms with van der Waals surface area (Å²) in [6, 6.07) is 5.47. The van der Waals surface area contributed by atoms with E-state index < -0.39 is 5.67 Å². The van der Waals surface area contributed by atoms with E-state index in [2.05, 4.69) is 4.98 Å². The molecule has 1 fully saturated rings. The molecule has 1 aromatic rings. The molecule has 1 aromatic heterocycles. The first-order chi connectivity index (χ1) is 7.11. The average molecular weight is 205 g/mol. The summed E-state index contributed by atoms with van der Waals surface area (Å²) in [4.78, 5) is 6.04. The molecule has 0 radical (unpaired) electrons. The van der Waals surface area contributed by atoms with Crippen molar-refractivity contribution in [1.82, 2.24) is 4.98 Å². The molecule has 4 heteroatoms. The van der Waals surface area contributed by atoms with Gasteiger partial charge in [0.2, 0.25) is 0 Å². The highest BCUT2D eigenvalue weighted by atomic mass is 19.1. The first-order valence-electron chi connectivity index (χ1n) is 4.91. The molecule has 0 saturated carbocycles. The molecule has 0 unspecified atom stereocenters. The number of halogens is 1. The molecule has 3 nitrogen and oxygen atoms in total. The zero-order valence-electron chi connectivity index (χ0n) is 8.57. The lowest BCUT2D eigenvalue weighted by molar-refractivity contribution is 0.221. The highest BCUT2D eigenvalue weighted by Gasteiger charge is 2.33. The topological polar surface area (TPSA) is 39.9 Å². The number of rotatable bonds is 1. The van der Waals surface area contributed by atoms with E-state index in [0.29, 0.717) is 25.1 Å². The minimum Gasteiger partial charge on any atom is -0.353 e. The van der Waals surface area contributed by atoms with Crippen LogP contribution in [-0.4, -0.2) is 23.7 Å². The summed E-state index contributed by atoms with van der Waals surface area (Å²) < 4.78 is 13.6. The lowest BCUT2D eigenvalue weighted by Crippen LogP contribution is -2.26. The maximum atomic E-state index is 13.6. The number of pyridine rings is 1. The molecule has 15 heavy (non-hydrogen) atoms. The first-order valence-corrected chi connectivity index (χ1v) is 4.91. The fourth-order valence-corrected chi connectivity index (χ4v) is 1.76. The van der Waals surface area contributed by atoms with Crippen LogP contribution in [-0.2, 0) is 0 Å². The molecule has 0 spiro atoms. The summed E-state index contributed by atoms with van der Waals surface area (Å²) in [7, 11) is 0. The van der Waals surface area contributed by atoms with E-state index in [4.69, 9.17) is 5.26 Å². The van der Waals surface area contributed by atoms with Crippen LogP contribution in [0.25, 0.3) is 0 Å². The van der Waals surface area contributed by atoms with Gasteiger partial charge in [0.1, 0.15) is 17.6 Å². The number of nitriles is 1. The van der Waals surface area contributed by atoms with Crippen molar-refractivity contribution < 1.29 is 4.39 Å².